The van der Waals surface area contributed by atoms with Gasteiger partial charge in [-0.05, 0) is 23.8 Å². The Bertz CT molecular complexity index is 1370. The van der Waals surface area contributed by atoms with E-state index in [1.807, 2.05) is 0 Å². The molecule has 0 unspecified atom stereocenters. The third-order valence-corrected chi connectivity index (χ3v) is 5.98. The molecule has 3 aromatic carbocycles. The largest absolute Gasteiger partial charge is 0.493 e. The molecule has 34 heavy (non-hydrogen) atoms. The number of esters is 1. The third kappa shape index (κ3) is 3.65. The van der Waals surface area contributed by atoms with Crippen LogP contribution in [0.4, 0.5) is 4.39 Å². The molecule has 1 heterocycles. The number of fused-ring (bicyclic) bond motifs is 1. The summed E-state index contributed by atoms with van der Waals surface area (Å²) in [4.78, 5) is 38.7. The Kier molecular flexibility index (Phi) is 5.45. The minimum atomic E-state index is -0.685. The quantitative estimate of drug-likeness (QED) is 0.512. The Morgan fingerprint density at radius 3 is 2.35 bits per heavy atom. The predicted octanol–water partition coefficient (Wildman–Crippen LogP) is 4.78. The van der Waals surface area contributed by atoms with Gasteiger partial charge in [-0.25, -0.2) is 4.39 Å². The van der Waals surface area contributed by atoms with Crippen molar-refractivity contribution in [3.63, 3.8) is 0 Å². The maximum Gasteiger partial charge on any atom is 0.312 e. The van der Waals surface area contributed by atoms with Gasteiger partial charge >= 0.3 is 5.97 Å². The van der Waals surface area contributed by atoms with Gasteiger partial charge in [0.05, 0.1) is 19.1 Å². The second-order valence-electron chi connectivity index (χ2n) is 7.97. The summed E-state index contributed by atoms with van der Waals surface area (Å²) >= 11 is 0. The number of allylic oxidation sites excluding steroid dienone is 2. The van der Waals surface area contributed by atoms with E-state index in [1.54, 1.807) is 60.7 Å². The number of carbonyl (C=O) groups is 3. The van der Waals surface area contributed by atoms with Crippen LogP contribution in [0.3, 0.4) is 0 Å². The smallest absolute Gasteiger partial charge is 0.312 e. The maximum atomic E-state index is 13.9. The Balaban J connectivity index is 1.50. The molecule has 0 fully saturated rings. The van der Waals surface area contributed by atoms with Crippen molar-refractivity contribution in [2.24, 2.45) is 0 Å². The zero-order chi connectivity index (χ0) is 23.8. The molecule has 3 aromatic rings. The van der Waals surface area contributed by atoms with Gasteiger partial charge in [0, 0.05) is 22.6 Å². The molecule has 0 N–H and O–H groups in total. The van der Waals surface area contributed by atoms with Gasteiger partial charge in [-0.2, -0.15) is 0 Å². The highest BCUT2D eigenvalue weighted by molar-refractivity contribution is 6.27. The summed E-state index contributed by atoms with van der Waals surface area (Å²) in [5.41, 5.74) is 1.65. The standard InChI is InChI=1S/C27H19FO6/c1-32-22-12-15(10-11-21(22)33-14-16-6-2-5-9-20(16)28)19-13-23(29)34-27-24(19)25(30)17-7-3-4-8-18(17)26(27)31/h2-12,19H,13-14H2,1H3/t19-/m0/s1. The van der Waals surface area contributed by atoms with Gasteiger partial charge in [0.15, 0.2) is 23.0 Å². The lowest BCUT2D eigenvalue weighted by molar-refractivity contribution is -0.140. The van der Waals surface area contributed by atoms with E-state index in [-0.39, 0.29) is 47.1 Å². The van der Waals surface area contributed by atoms with E-state index in [0.29, 0.717) is 22.6 Å². The van der Waals surface area contributed by atoms with Gasteiger partial charge < -0.3 is 14.2 Å². The normalized spacial score (nSPS) is 17.1. The Labute approximate surface area is 194 Å². The first-order valence-electron chi connectivity index (χ1n) is 10.7. The zero-order valence-corrected chi connectivity index (χ0v) is 18.2. The summed E-state index contributed by atoms with van der Waals surface area (Å²) in [6.07, 6.45) is -0.0986. The van der Waals surface area contributed by atoms with E-state index in [9.17, 15) is 18.8 Å². The lowest BCUT2D eigenvalue weighted by atomic mass is 9.77. The molecule has 170 valence electrons. The number of carbonyl (C=O) groups excluding carboxylic acids is 3. The van der Waals surface area contributed by atoms with Crippen LogP contribution in [0.2, 0.25) is 0 Å². The van der Waals surface area contributed by atoms with Gasteiger partial charge in [-0.3, -0.25) is 14.4 Å². The molecular formula is C27H19FO6. The summed E-state index contributed by atoms with van der Waals surface area (Å²) in [6, 6.07) is 17.8. The molecule has 5 rings (SSSR count). The van der Waals surface area contributed by atoms with Crippen molar-refractivity contribution < 1.29 is 33.0 Å². The SMILES string of the molecule is COc1cc([C@@H]2CC(=O)OC3=C2C(=O)c2ccccc2C3=O)ccc1OCc1ccccc1F. The van der Waals surface area contributed by atoms with Crippen molar-refractivity contribution in [1.82, 2.24) is 0 Å². The molecule has 1 aliphatic carbocycles. The number of ether oxygens (including phenoxy) is 3. The zero-order valence-electron chi connectivity index (χ0n) is 18.2. The second kappa shape index (κ2) is 8.59. The highest BCUT2D eigenvalue weighted by Gasteiger charge is 2.43. The maximum absolute atomic E-state index is 13.9. The van der Waals surface area contributed by atoms with Crippen LogP contribution in [0.1, 0.15) is 44.2 Å². The lowest BCUT2D eigenvalue weighted by Gasteiger charge is -2.30. The fourth-order valence-electron chi connectivity index (χ4n) is 4.29. The molecule has 1 aliphatic heterocycles. The molecule has 0 saturated carbocycles. The van der Waals surface area contributed by atoms with Gasteiger partial charge in [0.1, 0.15) is 12.4 Å². The first-order chi connectivity index (χ1) is 16.5. The average molecular weight is 458 g/mol. The fraction of sp³-hybridized carbons (Fsp3) is 0.148. The molecular weight excluding hydrogens is 439 g/mol. The van der Waals surface area contributed by atoms with Crippen molar-refractivity contribution in [1.29, 1.82) is 0 Å². The van der Waals surface area contributed by atoms with Gasteiger partial charge in [-0.1, -0.05) is 48.5 Å². The summed E-state index contributed by atoms with van der Waals surface area (Å²) in [5, 5.41) is 0. The van der Waals surface area contributed by atoms with Gasteiger partial charge in [0.2, 0.25) is 5.78 Å². The molecule has 0 radical (unpaired) electrons. The molecule has 0 bridgehead atoms. The van der Waals surface area contributed by atoms with Crippen LogP contribution in [0.15, 0.2) is 78.1 Å². The third-order valence-electron chi connectivity index (χ3n) is 5.98. The number of methoxy groups -OCH3 is 1. The molecule has 0 amide bonds. The molecule has 2 aliphatic rings. The number of rotatable bonds is 5. The first-order valence-corrected chi connectivity index (χ1v) is 10.7. The number of hydrogen-bond acceptors (Lipinski definition) is 6. The van der Waals surface area contributed by atoms with Crippen LogP contribution >= 0.6 is 0 Å². The van der Waals surface area contributed by atoms with E-state index in [0.717, 1.165) is 0 Å². The topological polar surface area (TPSA) is 78.9 Å². The number of Topliss-reactive ketones (excluding diaryl/α,β-unsaturated/α-hetero) is 2. The molecule has 1 atom stereocenters. The van der Waals surface area contributed by atoms with Crippen LogP contribution < -0.4 is 9.47 Å². The highest BCUT2D eigenvalue weighted by Crippen LogP contribution is 2.43. The lowest BCUT2D eigenvalue weighted by Crippen LogP contribution is -2.32. The number of benzene rings is 3. The van der Waals surface area contributed by atoms with Crippen molar-refractivity contribution in [2.45, 2.75) is 18.9 Å². The summed E-state index contributed by atoms with van der Waals surface area (Å²) in [5.74, 6) is -1.98. The Morgan fingerprint density at radius 1 is 0.912 bits per heavy atom. The molecule has 0 spiro atoms. The van der Waals surface area contributed by atoms with E-state index in [2.05, 4.69) is 0 Å². The summed E-state index contributed by atoms with van der Waals surface area (Å²) < 4.78 is 30.4. The fourth-order valence-corrected chi connectivity index (χ4v) is 4.29. The average Bonchev–Trinajstić information content (AvgIpc) is 2.86. The van der Waals surface area contributed by atoms with Crippen molar-refractivity contribution in [3.05, 3.63) is 106 Å². The Morgan fingerprint density at radius 2 is 1.62 bits per heavy atom. The summed E-state index contributed by atoms with van der Waals surface area (Å²) in [7, 11) is 1.46. The second-order valence-corrected chi connectivity index (χ2v) is 7.97. The van der Waals surface area contributed by atoms with Crippen molar-refractivity contribution in [3.8, 4) is 11.5 Å². The minimum absolute atomic E-state index is 0.00277. The molecule has 0 saturated heterocycles. The van der Waals surface area contributed by atoms with Crippen LogP contribution in [-0.4, -0.2) is 24.6 Å². The van der Waals surface area contributed by atoms with Crippen molar-refractivity contribution in [2.75, 3.05) is 7.11 Å². The molecule has 7 heteroatoms. The van der Waals surface area contributed by atoms with E-state index >= 15 is 0 Å². The van der Waals surface area contributed by atoms with E-state index in [4.69, 9.17) is 14.2 Å². The summed E-state index contributed by atoms with van der Waals surface area (Å²) in [6.45, 7) is -0.00277. The monoisotopic (exact) mass is 458 g/mol. The Hall–Kier alpha value is -4.26. The van der Waals surface area contributed by atoms with Crippen LogP contribution in [0.25, 0.3) is 0 Å². The first kappa shape index (κ1) is 21.6. The van der Waals surface area contributed by atoms with E-state index in [1.165, 1.54) is 13.2 Å². The van der Waals surface area contributed by atoms with Gasteiger partial charge in [-0.15, -0.1) is 0 Å². The molecule has 0 aromatic heterocycles. The number of halogens is 1. The van der Waals surface area contributed by atoms with E-state index < -0.39 is 17.7 Å². The van der Waals surface area contributed by atoms with Gasteiger partial charge in [0.25, 0.3) is 0 Å². The van der Waals surface area contributed by atoms with Crippen LogP contribution in [-0.2, 0) is 16.1 Å². The number of ketones is 2. The van der Waals surface area contributed by atoms with Crippen molar-refractivity contribution >= 4 is 17.5 Å². The predicted molar refractivity (Wildman–Crippen MR) is 119 cm³/mol. The number of hydrogen-bond donors (Lipinski definition) is 0. The minimum Gasteiger partial charge on any atom is -0.493 e. The van der Waals surface area contributed by atoms with Crippen LogP contribution in [0.5, 0.6) is 11.5 Å². The molecule has 6 nitrogen and oxygen atoms in total. The van der Waals surface area contributed by atoms with Crippen LogP contribution in [0, 0.1) is 5.82 Å². The highest BCUT2D eigenvalue weighted by atomic mass is 19.1.